The summed E-state index contributed by atoms with van der Waals surface area (Å²) in [5.41, 5.74) is -2.21. The van der Waals surface area contributed by atoms with Crippen LogP contribution >= 0.6 is 0 Å². The number of hydrogen-bond donors (Lipinski definition) is 3. The summed E-state index contributed by atoms with van der Waals surface area (Å²) in [6.07, 6.45) is -6.67. The van der Waals surface area contributed by atoms with E-state index in [2.05, 4.69) is 0 Å². The molecule has 1 aromatic carbocycles. The predicted molar refractivity (Wildman–Crippen MR) is 156 cm³/mol. The molecule has 0 radical (unpaired) electrons. The molecule has 0 saturated carbocycles. The second kappa shape index (κ2) is 14.1. The monoisotopic (exact) mass is 657 g/mol. The molecule has 4 atom stereocenters. The average Bonchev–Trinajstić information content (AvgIpc) is 3.55. The molecule has 0 bridgehead atoms. The van der Waals surface area contributed by atoms with Crippen LogP contribution in [0.2, 0.25) is 0 Å². The molecular formula is C33H37F6NO6. The third-order valence-electron chi connectivity index (χ3n) is 8.62. The first-order chi connectivity index (χ1) is 21.6. The van der Waals surface area contributed by atoms with Crippen molar-refractivity contribution in [2.24, 2.45) is 17.8 Å². The molecule has 1 aromatic heterocycles. The summed E-state index contributed by atoms with van der Waals surface area (Å²) in [4.78, 5) is 27.7. The van der Waals surface area contributed by atoms with Crippen LogP contribution in [0.1, 0.15) is 81.4 Å². The van der Waals surface area contributed by atoms with Gasteiger partial charge >= 0.3 is 12.4 Å². The number of allylic oxidation sites excluding steroid dienone is 2. The zero-order valence-electron chi connectivity index (χ0n) is 25.4. The maximum atomic E-state index is 13.7. The van der Waals surface area contributed by atoms with Crippen LogP contribution in [0.25, 0.3) is 6.08 Å². The van der Waals surface area contributed by atoms with E-state index in [9.17, 15) is 51.3 Å². The largest absolute Gasteiger partial charge is 0.459 e. The van der Waals surface area contributed by atoms with Crippen LogP contribution in [0.3, 0.4) is 0 Å². The number of rotatable bonds is 12. The van der Waals surface area contributed by atoms with Gasteiger partial charge in [0.1, 0.15) is 18.1 Å². The van der Waals surface area contributed by atoms with Crippen molar-refractivity contribution in [3.05, 3.63) is 69.7 Å². The summed E-state index contributed by atoms with van der Waals surface area (Å²) in [6.45, 7) is 2.91. The lowest BCUT2D eigenvalue weighted by Gasteiger charge is -2.36. The first kappa shape index (κ1) is 35.4. The topological polar surface area (TPSA) is 111 Å². The summed E-state index contributed by atoms with van der Waals surface area (Å²) in [5, 5.41) is 31.3. The van der Waals surface area contributed by atoms with E-state index in [1.165, 1.54) is 0 Å². The molecular weight excluding hydrogens is 620 g/mol. The van der Waals surface area contributed by atoms with E-state index in [0.29, 0.717) is 65.4 Å². The Bertz CT molecular complexity index is 1460. The third-order valence-corrected chi connectivity index (χ3v) is 8.62. The summed E-state index contributed by atoms with van der Waals surface area (Å²) in [5.74, 6) is -4.52. The lowest BCUT2D eigenvalue weighted by molar-refractivity contribution is -0.143. The highest BCUT2D eigenvalue weighted by molar-refractivity contribution is 6.22. The van der Waals surface area contributed by atoms with Gasteiger partial charge in [-0.3, -0.25) is 9.59 Å². The Morgan fingerprint density at radius 1 is 0.978 bits per heavy atom. The Kier molecular flexibility index (Phi) is 10.9. The summed E-state index contributed by atoms with van der Waals surface area (Å²) < 4.78 is 87.0. The van der Waals surface area contributed by atoms with Gasteiger partial charge < -0.3 is 19.7 Å². The molecule has 2 heterocycles. The minimum atomic E-state index is -5.18. The number of halogens is 6. The van der Waals surface area contributed by atoms with Gasteiger partial charge in [-0.15, -0.1) is 0 Å². The predicted octanol–water partition coefficient (Wildman–Crippen LogP) is 7.05. The van der Waals surface area contributed by atoms with Crippen LogP contribution in [0.15, 0.2) is 51.5 Å². The number of hydrogen-bond acceptors (Lipinski definition) is 6. The Morgan fingerprint density at radius 3 is 2.15 bits per heavy atom. The Hall–Kier alpha value is -3.42. The minimum absolute atomic E-state index is 0.0262. The van der Waals surface area contributed by atoms with Gasteiger partial charge in [-0.05, 0) is 74.1 Å². The van der Waals surface area contributed by atoms with Crippen molar-refractivity contribution in [1.29, 1.82) is 0 Å². The maximum Gasteiger partial charge on any atom is 0.416 e. The normalized spacial score (nSPS) is 21.8. The van der Waals surface area contributed by atoms with Crippen LogP contribution in [0, 0.1) is 17.8 Å². The standard InChI is InChI=1S/C33H37F6NO6/c1-3-5-18(11-23-8-9-24(16-41)46-23)7-10-27(43)28-19(6-4-2)12-25-29(26(28)17-42)31(45)40(30(25)44)22-14-20(32(34,35)36)13-21(15-22)33(37,38)39/h8-9,11,13-15,25-27,29,41-43H,3-7,10,12,16-17H2,1-2H3/b18-11+/t25-,26+,27-,29-/m1/s1. The molecule has 7 nitrogen and oxygen atoms in total. The van der Waals surface area contributed by atoms with E-state index < -0.39 is 71.4 Å². The molecule has 46 heavy (non-hydrogen) atoms. The van der Waals surface area contributed by atoms with Crippen molar-refractivity contribution < 1.29 is 55.7 Å². The van der Waals surface area contributed by atoms with E-state index >= 15 is 0 Å². The Labute approximate surface area is 262 Å². The van der Waals surface area contributed by atoms with Crippen LogP contribution in [0.5, 0.6) is 0 Å². The third kappa shape index (κ3) is 7.42. The SMILES string of the molecule is CCCC1=C([C@H](O)CC/C(=C/c2ccc(CO)o2)CCC)[C@H](CO)[C@@H]2C(=O)N(c3cc(C(F)(F)F)cc(C(F)(F)F)c3)C(=O)[C@@H]2C1. The lowest BCUT2D eigenvalue weighted by Crippen LogP contribution is -2.39. The number of fused-ring (bicyclic) bond motifs is 1. The Morgan fingerprint density at radius 2 is 1.63 bits per heavy atom. The van der Waals surface area contributed by atoms with Crippen LogP contribution in [-0.4, -0.2) is 39.8 Å². The van der Waals surface area contributed by atoms with Gasteiger partial charge in [-0.25, -0.2) is 4.90 Å². The van der Waals surface area contributed by atoms with Gasteiger partial charge in [0.05, 0.1) is 41.4 Å². The fourth-order valence-corrected chi connectivity index (χ4v) is 6.65. The highest BCUT2D eigenvalue weighted by Crippen LogP contribution is 2.49. The molecule has 252 valence electrons. The van der Waals surface area contributed by atoms with Gasteiger partial charge in [-0.1, -0.05) is 37.8 Å². The van der Waals surface area contributed by atoms with E-state index in [1.807, 2.05) is 19.9 Å². The van der Waals surface area contributed by atoms with Crippen molar-refractivity contribution in [3.8, 4) is 0 Å². The molecule has 4 rings (SSSR count). The van der Waals surface area contributed by atoms with E-state index in [4.69, 9.17) is 4.42 Å². The minimum Gasteiger partial charge on any atom is -0.459 e. The molecule has 2 aliphatic rings. The van der Waals surface area contributed by atoms with Gasteiger partial charge in [0.15, 0.2) is 0 Å². The first-order valence-corrected chi connectivity index (χ1v) is 15.2. The Balaban J connectivity index is 1.67. The molecule has 1 aliphatic carbocycles. The molecule has 1 fully saturated rings. The maximum absolute atomic E-state index is 13.7. The molecule has 0 spiro atoms. The van der Waals surface area contributed by atoms with Crippen LogP contribution in [0.4, 0.5) is 32.0 Å². The molecule has 2 aromatic rings. The number of aliphatic hydroxyl groups is 3. The lowest BCUT2D eigenvalue weighted by atomic mass is 9.67. The average molecular weight is 658 g/mol. The van der Waals surface area contributed by atoms with Crippen molar-refractivity contribution in [3.63, 3.8) is 0 Å². The van der Waals surface area contributed by atoms with E-state index in [-0.39, 0.29) is 25.5 Å². The number of anilines is 1. The first-order valence-electron chi connectivity index (χ1n) is 15.2. The molecule has 3 N–H and O–H groups in total. The van der Waals surface area contributed by atoms with Crippen LogP contribution in [-0.2, 0) is 28.5 Å². The van der Waals surface area contributed by atoms with E-state index in [0.717, 1.165) is 12.0 Å². The zero-order chi connectivity index (χ0) is 34.0. The fourth-order valence-electron chi connectivity index (χ4n) is 6.65. The number of alkyl halides is 6. The van der Waals surface area contributed by atoms with E-state index in [1.54, 1.807) is 12.1 Å². The number of carbonyl (C=O) groups is 2. The highest BCUT2D eigenvalue weighted by Gasteiger charge is 2.55. The van der Waals surface area contributed by atoms with Crippen molar-refractivity contribution >= 4 is 23.6 Å². The van der Waals surface area contributed by atoms with Gasteiger partial charge in [-0.2, -0.15) is 26.3 Å². The van der Waals surface area contributed by atoms with Crippen molar-refractivity contribution in [2.75, 3.05) is 11.5 Å². The highest BCUT2D eigenvalue weighted by atomic mass is 19.4. The zero-order valence-corrected chi connectivity index (χ0v) is 25.4. The number of aliphatic hydroxyl groups excluding tert-OH is 3. The molecule has 13 heteroatoms. The number of amides is 2. The summed E-state index contributed by atoms with van der Waals surface area (Å²) >= 11 is 0. The second-order valence-corrected chi connectivity index (χ2v) is 11.8. The van der Waals surface area contributed by atoms with Crippen molar-refractivity contribution in [1.82, 2.24) is 0 Å². The molecule has 1 aliphatic heterocycles. The molecule has 2 amide bonds. The fraction of sp³-hybridized carbons (Fsp3) is 0.515. The van der Waals surface area contributed by atoms with Gasteiger partial charge in [0.2, 0.25) is 11.8 Å². The number of furan rings is 1. The van der Waals surface area contributed by atoms with Gasteiger partial charge in [0.25, 0.3) is 0 Å². The number of imide groups is 1. The summed E-state index contributed by atoms with van der Waals surface area (Å²) in [6, 6.07) is 3.96. The quantitative estimate of drug-likeness (QED) is 0.128. The van der Waals surface area contributed by atoms with Gasteiger partial charge in [0, 0.05) is 5.92 Å². The number of carbonyl (C=O) groups excluding carboxylic acids is 2. The number of nitrogens with zero attached hydrogens (tertiary/aromatic N) is 1. The van der Waals surface area contributed by atoms with Crippen molar-refractivity contribution in [2.45, 2.75) is 83.9 Å². The molecule has 1 saturated heterocycles. The second-order valence-electron chi connectivity index (χ2n) is 11.8. The van der Waals surface area contributed by atoms with Crippen LogP contribution < -0.4 is 4.90 Å². The summed E-state index contributed by atoms with van der Waals surface area (Å²) in [7, 11) is 0. The number of benzene rings is 1. The molecule has 0 unspecified atom stereocenters. The smallest absolute Gasteiger partial charge is 0.416 e.